The third kappa shape index (κ3) is 0.763. The number of aromatic hydroxyl groups is 1. The minimum Gasteiger partial charge on any atom is -0.506 e. The topological polar surface area (TPSA) is 51.2 Å². The zero-order valence-electron chi connectivity index (χ0n) is 6.78. The number of phenolic OH excluding ortho intramolecular Hbond substituents is 1. The molecule has 1 aromatic heterocycles. The highest BCUT2D eigenvalue weighted by molar-refractivity contribution is 5.86. The maximum atomic E-state index is 9.46. The van der Waals surface area contributed by atoms with Gasteiger partial charge in [0.25, 0.3) is 0 Å². The Hall–Kier alpha value is -1.64. The van der Waals surface area contributed by atoms with Crippen LogP contribution in [0, 0.1) is 6.92 Å². The van der Waals surface area contributed by atoms with Crippen LogP contribution in [0.15, 0.2) is 24.3 Å². The van der Waals surface area contributed by atoms with E-state index in [-0.39, 0.29) is 5.75 Å². The maximum absolute atomic E-state index is 9.46. The monoisotopic (exact) mass is 162 g/mol. The molecule has 1 heterocycles. The summed E-state index contributed by atoms with van der Waals surface area (Å²) in [7, 11) is 0. The van der Waals surface area contributed by atoms with Gasteiger partial charge in [-0.2, -0.15) is 0 Å². The van der Waals surface area contributed by atoms with Gasteiger partial charge in [-0.05, 0) is 19.1 Å². The summed E-state index contributed by atoms with van der Waals surface area (Å²) in [5.41, 5.74) is 1.63. The lowest BCUT2D eigenvalue weighted by molar-refractivity contribution is 0.479. The van der Waals surface area contributed by atoms with Crippen molar-refractivity contribution >= 4 is 10.9 Å². The minimum atomic E-state index is 0.225. The third-order valence-electron chi connectivity index (χ3n) is 2.03. The maximum Gasteiger partial charge on any atom is 0.141 e. The van der Waals surface area contributed by atoms with E-state index in [4.69, 9.17) is 5.84 Å². The average molecular weight is 162 g/mol. The SMILES string of the molecule is Cc1cc2cccc(O)c2n1N. The molecule has 2 aromatic rings. The Morgan fingerprint density at radius 3 is 2.83 bits per heavy atom. The van der Waals surface area contributed by atoms with E-state index in [1.807, 2.05) is 19.1 Å². The highest BCUT2D eigenvalue weighted by Crippen LogP contribution is 2.25. The van der Waals surface area contributed by atoms with Gasteiger partial charge >= 0.3 is 0 Å². The first-order valence-electron chi connectivity index (χ1n) is 3.75. The van der Waals surface area contributed by atoms with Gasteiger partial charge in [0.1, 0.15) is 11.3 Å². The van der Waals surface area contributed by atoms with Crippen LogP contribution < -0.4 is 5.84 Å². The largest absolute Gasteiger partial charge is 0.506 e. The molecule has 0 atom stereocenters. The number of aryl methyl sites for hydroxylation is 1. The Balaban J connectivity index is 2.97. The molecule has 12 heavy (non-hydrogen) atoms. The van der Waals surface area contributed by atoms with Crippen molar-refractivity contribution in [3.05, 3.63) is 30.0 Å². The van der Waals surface area contributed by atoms with E-state index < -0.39 is 0 Å². The smallest absolute Gasteiger partial charge is 0.141 e. The van der Waals surface area contributed by atoms with Gasteiger partial charge in [0, 0.05) is 11.1 Å². The molecule has 0 aliphatic rings. The van der Waals surface area contributed by atoms with Crippen LogP contribution in [0.5, 0.6) is 5.75 Å². The van der Waals surface area contributed by atoms with Crippen molar-refractivity contribution in [1.82, 2.24) is 4.68 Å². The zero-order chi connectivity index (χ0) is 8.72. The van der Waals surface area contributed by atoms with Crippen molar-refractivity contribution in [3.63, 3.8) is 0 Å². The molecule has 62 valence electrons. The average Bonchev–Trinajstić information content (AvgIpc) is 2.29. The number of hydrogen-bond donors (Lipinski definition) is 2. The Labute approximate surface area is 70.0 Å². The van der Waals surface area contributed by atoms with Gasteiger partial charge in [0.05, 0.1) is 0 Å². The van der Waals surface area contributed by atoms with Gasteiger partial charge in [-0.1, -0.05) is 12.1 Å². The molecule has 2 rings (SSSR count). The van der Waals surface area contributed by atoms with Crippen molar-refractivity contribution in [2.24, 2.45) is 0 Å². The molecule has 1 aromatic carbocycles. The highest BCUT2D eigenvalue weighted by atomic mass is 16.3. The van der Waals surface area contributed by atoms with Crippen LogP contribution in [-0.4, -0.2) is 9.78 Å². The summed E-state index contributed by atoms with van der Waals surface area (Å²) >= 11 is 0. The molecule has 0 aliphatic carbocycles. The number of nitrogen functional groups attached to an aromatic ring is 1. The number of fused-ring (bicyclic) bond motifs is 1. The molecule has 0 radical (unpaired) electrons. The number of nitrogens with two attached hydrogens (primary N) is 1. The van der Waals surface area contributed by atoms with E-state index in [9.17, 15) is 5.11 Å². The van der Waals surface area contributed by atoms with Crippen LogP contribution in [-0.2, 0) is 0 Å². The van der Waals surface area contributed by atoms with E-state index in [2.05, 4.69) is 0 Å². The highest BCUT2D eigenvalue weighted by Gasteiger charge is 2.05. The second-order valence-electron chi connectivity index (χ2n) is 2.87. The summed E-state index contributed by atoms with van der Waals surface area (Å²) in [6.07, 6.45) is 0. The first kappa shape index (κ1) is 7.03. The molecule has 0 aliphatic heterocycles. The van der Waals surface area contributed by atoms with Gasteiger partial charge in [-0.15, -0.1) is 0 Å². The predicted molar refractivity (Wildman–Crippen MR) is 48.5 cm³/mol. The fourth-order valence-corrected chi connectivity index (χ4v) is 1.40. The summed E-state index contributed by atoms with van der Waals surface area (Å²) < 4.78 is 1.49. The zero-order valence-corrected chi connectivity index (χ0v) is 6.78. The lowest BCUT2D eigenvalue weighted by Crippen LogP contribution is -2.08. The molecule has 3 nitrogen and oxygen atoms in total. The lowest BCUT2D eigenvalue weighted by Gasteiger charge is -2.00. The molecule has 0 unspecified atom stereocenters. The molecule has 3 heteroatoms. The summed E-state index contributed by atoms with van der Waals surface area (Å²) in [5, 5.41) is 10.4. The molecule has 0 saturated carbocycles. The van der Waals surface area contributed by atoms with Gasteiger partial charge in [-0.25, -0.2) is 0 Å². The van der Waals surface area contributed by atoms with Crippen LogP contribution in [0.25, 0.3) is 10.9 Å². The van der Waals surface area contributed by atoms with Crippen LogP contribution in [0.2, 0.25) is 0 Å². The second kappa shape index (κ2) is 2.17. The minimum absolute atomic E-state index is 0.225. The van der Waals surface area contributed by atoms with E-state index in [0.717, 1.165) is 11.1 Å². The van der Waals surface area contributed by atoms with Gasteiger partial charge in [0.15, 0.2) is 0 Å². The number of rotatable bonds is 0. The van der Waals surface area contributed by atoms with Gasteiger partial charge < -0.3 is 10.9 Å². The summed E-state index contributed by atoms with van der Waals surface area (Å²) in [5.74, 6) is 5.92. The number of benzene rings is 1. The van der Waals surface area contributed by atoms with Gasteiger partial charge in [-0.3, -0.25) is 4.68 Å². The van der Waals surface area contributed by atoms with Crippen molar-refractivity contribution < 1.29 is 5.11 Å². The number of phenols is 1. The predicted octanol–water partition coefficient (Wildman–Crippen LogP) is 1.37. The summed E-state index contributed by atoms with van der Waals surface area (Å²) in [6, 6.07) is 7.29. The van der Waals surface area contributed by atoms with Gasteiger partial charge in [0.2, 0.25) is 0 Å². The van der Waals surface area contributed by atoms with E-state index >= 15 is 0 Å². The molecule has 0 bridgehead atoms. The number of nitrogens with zero attached hydrogens (tertiary/aromatic N) is 1. The molecule has 0 amide bonds. The van der Waals surface area contributed by atoms with E-state index in [1.165, 1.54) is 4.68 Å². The molecular weight excluding hydrogens is 152 g/mol. The first-order chi connectivity index (χ1) is 5.70. The fourth-order valence-electron chi connectivity index (χ4n) is 1.40. The Morgan fingerprint density at radius 2 is 2.17 bits per heavy atom. The van der Waals surface area contributed by atoms with Crippen LogP contribution in [0.1, 0.15) is 5.69 Å². The van der Waals surface area contributed by atoms with E-state index in [1.54, 1.807) is 12.1 Å². The van der Waals surface area contributed by atoms with E-state index in [0.29, 0.717) is 5.52 Å². The Kier molecular flexibility index (Phi) is 1.27. The normalized spacial score (nSPS) is 10.8. The van der Waals surface area contributed by atoms with Crippen molar-refractivity contribution in [1.29, 1.82) is 0 Å². The fraction of sp³-hybridized carbons (Fsp3) is 0.111. The standard InChI is InChI=1S/C9H10N2O/c1-6-5-7-3-2-4-8(12)9(7)11(6)10/h2-5,12H,10H2,1H3. The number of para-hydroxylation sites is 1. The van der Waals surface area contributed by atoms with Crippen molar-refractivity contribution in [2.75, 3.05) is 5.84 Å². The van der Waals surface area contributed by atoms with Crippen molar-refractivity contribution in [3.8, 4) is 5.75 Å². The quantitative estimate of drug-likeness (QED) is 0.575. The molecule has 3 N–H and O–H groups in total. The molecular formula is C9H10N2O. The Morgan fingerprint density at radius 1 is 1.42 bits per heavy atom. The third-order valence-corrected chi connectivity index (χ3v) is 2.03. The first-order valence-corrected chi connectivity index (χ1v) is 3.75. The summed E-state index contributed by atoms with van der Waals surface area (Å²) in [6.45, 7) is 1.90. The van der Waals surface area contributed by atoms with Crippen molar-refractivity contribution in [2.45, 2.75) is 6.92 Å². The number of aromatic nitrogens is 1. The van der Waals surface area contributed by atoms with Crippen LogP contribution in [0.3, 0.4) is 0 Å². The molecule has 0 fully saturated rings. The lowest BCUT2D eigenvalue weighted by atomic mass is 10.2. The van der Waals surface area contributed by atoms with Crippen LogP contribution >= 0.6 is 0 Å². The summed E-state index contributed by atoms with van der Waals surface area (Å²) in [4.78, 5) is 0. The molecule has 0 spiro atoms. The molecule has 0 saturated heterocycles. The second-order valence-corrected chi connectivity index (χ2v) is 2.87. The Bertz CT molecular complexity index is 431. The number of hydrogen-bond acceptors (Lipinski definition) is 2. The van der Waals surface area contributed by atoms with Crippen LogP contribution in [0.4, 0.5) is 0 Å².